The number of hydrogen-bond donors (Lipinski definition) is 3. The summed E-state index contributed by atoms with van der Waals surface area (Å²) in [7, 11) is 1.68. The Kier molecular flexibility index (Phi) is 8.54. The summed E-state index contributed by atoms with van der Waals surface area (Å²) in [6.07, 6.45) is 6.79. The highest BCUT2D eigenvalue weighted by Gasteiger charge is 2.33. The number of carbonyl (C=O) groups excluding carboxylic acids is 1. The molecule has 2 aliphatic rings. The molecule has 35 heavy (non-hydrogen) atoms. The van der Waals surface area contributed by atoms with Crippen LogP contribution in [0.15, 0.2) is 18.5 Å². The Balaban J connectivity index is 1.60. The first kappa shape index (κ1) is 25.8. The van der Waals surface area contributed by atoms with E-state index in [4.69, 9.17) is 21.1 Å². The van der Waals surface area contributed by atoms with E-state index in [9.17, 15) is 9.18 Å². The predicted molar refractivity (Wildman–Crippen MR) is 134 cm³/mol. The molecule has 2 aromatic heterocycles. The van der Waals surface area contributed by atoms with Gasteiger partial charge in [0.2, 0.25) is 11.9 Å². The van der Waals surface area contributed by atoms with E-state index in [1.54, 1.807) is 13.2 Å². The van der Waals surface area contributed by atoms with Crippen LogP contribution >= 0.6 is 11.6 Å². The van der Waals surface area contributed by atoms with Gasteiger partial charge in [0.05, 0.1) is 22.2 Å². The number of rotatable bonds is 8. The molecular formula is C25H33ClFN5O3. The van der Waals surface area contributed by atoms with E-state index in [1.165, 1.54) is 12.4 Å². The summed E-state index contributed by atoms with van der Waals surface area (Å²) in [5.74, 6) is -0.346. The van der Waals surface area contributed by atoms with Gasteiger partial charge in [-0.2, -0.15) is 4.39 Å². The fraction of sp³-hybridized carbons (Fsp3) is 0.560. The van der Waals surface area contributed by atoms with E-state index >= 15 is 0 Å². The van der Waals surface area contributed by atoms with Crippen LogP contribution in [0.2, 0.25) is 5.02 Å². The van der Waals surface area contributed by atoms with E-state index in [1.807, 2.05) is 6.92 Å². The SMILES string of the molecule is CCc1c(-c2cc(NC(=O)C3CCCNC3)ncc2Cl)cnc(F)c1NCC1(OC)CCOCC1. The van der Waals surface area contributed by atoms with Crippen LogP contribution in [-0.2, 0) is 20.7 Å². The third-order valence-corrected chi connectivity index (χ3v) is 7.28. The van der Waals surface area contributed by atoms with Crippen LogP contribution in [0.1, 0.15) is 38.2 Å². The number of methoxy groups -OCH3 is 1. The number of carbonyl (C=O) groups is 1. The van der Waals surface area contributed by atoms with E-state index in [-0.39, 0.29) is 11.8 Å². The highest BCUT2D eigenvalue weighted by atomic mass is 35.5. The Labute approximate surface area is 210 Å². The molecule has 1 amide bonds. The lowest BCUT2D eigenvalue weighted by atomic mass is 9.93. The Bertz CT molecular complexity index is 1040. The van der Waals surface area contributed by atoms with Gasteiger partial charge in [0.15, 0.2) is 0 Å². The number of nitrogens with zero attached hydrogens (tertiary/aromatic N) is 2. The number of nitrogens with one attached hydrogen (secondary N) is 3. The second kappa shape index (κ2) is 11.6. The van der Waals surface area contributed by atoms with Gasteiger partial charge in [0, 0.05) is 69.8 Å². The summed E-state index contributed by atoms with van der Waals surface area (Å²) in [6.45, 7) is 5.18. The normalized spacial score (nSPS) is 19.8. The molecule has 0 bridgehead atoms. The number of amides is 1. The summed E-state index contributed by atoms with van der Waals surface area (Å²) >= 11 is 6.52. The van der Waals surface area contributed by atoms with Gasteiger partial charge in [-0.1, -0.05) is 18.5 Å². The first-order valence-corrected chi connectivity index (χ1v) is 12.6. The minimum absolute atomic E-state index is 0.0744. The summed E-state index contributed by atoms with van der Waals surface area (Å²) in [5.41, 5.74) is 1.99. The molecular weight excluding hydrogens is 473 g/mol. The number of pyridine rings is 2. The largest absolute Gasteiger partial charge is 0.381 e. The minimum atomic E-state index is -0.576. The van der Waals surface area contributed by atoms with Crippen LogP contribution in [0.3, 0.4) is 0 Å². The molecule has 3 N–H and O–H groups in total. The van der Waals surface area contributed by atoms with Crippen molar-refractivity contribution < 1.29 is 18.7 Å². The molecule has 1 atom stereocenters. The van der Waals surface area contributed by atoms with Gasteiger partial charge in [0.1, 0.15) is 5.82 Å². The van der Waals surface area contributed by atoms with Crippen molar-refractivity contribution in [2.24, 2.45) is 5.92 Å². The van der Waals surface area contributed by atoms with Gasteiger partial charge in [-0.05, 0) is 37.4 Å². The second-order valence-corrected chi connectivity index (χ2v) is 9.51. The maximum Gasteiger partial charge on any atom is 0.236 e. The number of aromatic nitrogens is 2. The third-order valence-electron chi connectivity index (χ3n) is 6.98. The van der Waals surface area contributed by atoms with Gasteiger partial charge in [-0.3, -0.25) is 4.79 Å². The summed E-state index contributed by atoms with van der Waals surface area (Å²) in [4.78, 5) is 21.0. The predicted octanol–water partition coefficient (Wildman–Crippen LogP) is 4.04. The topological polar surface area (TPSA) is 97.4 Å². The molecule has 0 saturated carbocycles. The molecule has 0 aliphatic carbocycles. The summed E-state index contributed by atoms with van der Waals surface area (Å²) in [6, 6.07) is 1.73. The van der Waals surface area contributed by atoms with E-state index in [0.717, 1.165) is 37.8 Å². The lowest BCUT2D eigenvalue weighted by molar-refractivity contribution is -0.120. The molecule has 2 aromatic rings. The molecule has 2 saturated heterocycles. The van der Waals surface area contributed by atoms with Crippen molar-refractivity contribution in [3.8, 4) is 11.1 Å². The average Bonchev–Trinajstić information content (AvgIpc) is 2.90. The monoisotopic (exact) mass is 505 g/mol. The van der Waals surface area contributed by atoms with Crippen LogP contribution < -0.4 is 16.0 Å². The lowest BCUT2D eigenvalue weighted by Gasteiger charge is -2.36. The fourth-order valence-corrected chi connectivity index (χ4v) is 4.97. The average molecular weight is 506 g/mol. The van der Waals surface area contributed by atoms with Crippen LogP contribution in [-0.4, -0.2) is 61.4 Å². The molecule has 190 valence electrons. The maximum atomic E-state index is 14.9. The van der Waals surface area contributed by atoms with Gasteiger partial charge >= 0.3 is 0 Å². The Morgan fingerprint density at radius 2 is 2.11 bits per heavy atom. The first-order valence-electron chi connectivity index (χ1n) is 12.2. The lowest BCUT2D eigenvalue weighted by Crippen LogP contribution is -2.44. The fourth-order valence-electron chi connectivity index (χ4n) is 4.77. The molecule has 0 aromatic carbocycles. The number of anilines is 2. The number of hydrogen-bond acceptors (Lipinski definition) is 7. The molecule has 0 spiro atoms. The van der Waals surface area contributed by atoms with Crippen molar-refractivity contribution in [3.63, 3.8) is 0 Å². The van der Waals surface area contributed by atoms with Crippen LogP contribution in [0.5, 0.6) is 0 Å². The van der Waals surface area contributed by atoms with Crippen LogP contribution in [0.4, 0.5) is 15.9 Å². The van der Waals surface area contributed by atoms with E-state index in [0.29, 0.717) is 60.4 Å². The smallest absolute Gasteiger partial charge is 0.236 e. The highest BCUT2D eigenvalue weighted by molar-refractivity contribution is 6.33. The van der Waals surface area contributed by atoms with Crippen LogP contribution in [0.25, 0.3) is 11.1 Å². The Morgan fingerprint density at radius 3 is 2.80 bits per heavy atom. The number of ether oxygens (including phenoxy) is 2. The molecule has 4 heterocycles. The highest BCUT2D eigenvalue weighted by Crippen LogP contribution is 2.36. The molecule has 2 aliphatic heterocycles. The van der Waals surface area contributed by atoms with Crippen molar-refractivity contribution in [1.29, 1.82) is 0 Å². The van der Waals surface area contributed by atoms with Crippen LogP contribution in [0, 0.1) is 11.9 Å². The first-order chi connectivity index (χ1) is 17.0. The van der Waals surface area contributed by atoms with Gasteiger partial charge in [-0.25, -0.2) is 9.97 Å². The van der Waals surface area contributed by atoms with Gasteiger partial charge in [0.25, 0.3) is 0 Å². The minimum Gasteiger partial charge on any atom is -0.381 e. The van der Waals surface area contributed by atoms with Gasteiger partial charge < -0.3 is 25.4 Å². The standard InChI is InChI=1S/C25H33ClFN5O3/c1-3-17-19(13-30-23(27)22(17)31-15-25(34-2)6-9-35-10-7-25)18-11-21(29-14-20(18)26)32-24(33)16-5-4-8-28-12-16/h11,13-14,16,28,31H,3-10,12,15H2,1-2H3,(H,29,32,33). The maximum absolute atomic E-state index is 14.9. The van der Waals surface area contributed by atoms with Crippen molar-refractivity contribution in [2.45, 2.75) is 44.6 Å². The van der Waals surface area contributed by atoms with Crippen molar-refractivity contribution in [3.05, 3.63) is 35.0 Å². The Morgan fingerprint density at radius 1 is 1.31 bits per heavy atom. The molecule has 8 nitrogen and oxygen atoms in total. The molecule has 1 unspecified atom stereocenters. The second-order valence-electron chi connectivity index (χ2n) is 9.10. The number of piperidine rings is 1. The molecule has 4 rings (SSSR count). The zero-order valence-corrected chi connectivity index (χ0v) is 21.0. The molecule has 10 heteroatoms. The van der Waals surface area contributed by atoms with E-state index in [2.05, 4.69) is 25.9 Å². The van der Waals surface area contributed by atoms with Gasteiger partial charge in [-0.15, -0.1) is 0 Å². The van der Waals surface area contributed by atoms with Crippen molar-refractivity contribution >= 4 is 29.0 Å². The van der Waals surface area contributed by atoms with E-state index < -0.39 is 11.5 Å². The zero-order valence-electron chi connectivity index (χ0n) is 20.3. The van der Waals surface area contributed by atoms with Crippen molar-refractivity contribution in [1.82, 2.24) is 15.3 Å². The zero-order chi connectivity index (χ0) is 24.8. The number of halogens is 2. The third kappa shape index (κ3) is 5.91. The summed E-state index contributed by atoms with van der Waals surface area (Å²) < 4.78 is 26.2. The Hall–Kier alpha value is -2.33. The molecule has 2 fully saturated rings. The van der Waals surface area contributed by atoms with Crippen molar-refractivity contribution in [2.75, 3.05) is 50.6 Å². The molecule has 0 radical (unpaired) electrons. The quantitative estimate of drug-likeness (QED) is 0.466. The summed E-state index contributed by atoms with van der Waals surface area (Å²) in [5, 5.41) is 9.81.